The van der Waals surface area contributed by atoms with Gasteiger partial charge in [0, 0.05) is 12.1 Å². The number of hydrogen-bond acceptors (Lipinski definition) is 4. The Bertz CT molecular complexity index is 985. The van der Waals surface area contributed by atoms with Crippen molar-refractivity contribution >= 4 is 15.7 Å². The van der Waals surface area contributed by atoms with Gasteiger partial charge in [-0.3, -0.25) is 4.72 Å². The van der Waals surface area contributed by atoms with E-state index in [1.54, 1.807) is 4.72 Å². The van der Waals surface area contributed by atoms with Gasteiger partial charge in [0.25, 0.3) is 10.0 Å². The molecule has 0 saturated heterocycles. The van der Waals surface area contributed by atoms with Gasteiger partial charge in [-0.25, -0.2) is 12.8 Å². The Morgan fingerprint density at radius 2 is 1.24 bits per heavy atom. The first-order chi connectivity index (χ1) is 13.2. The van der Waals surface area contributed by atoms with Gasteiger partial charge in [0.2, 0.25) is 0 Å². The highest BCUT2D eigenvalue weighted by molar-refractivity contribution is 7.92. The summed E-state index contributed by atoms with van der Waals surface area (Å²) < 4.78 is 128. The molecule has 2 aromatic rings. The molecule has 160 valence electrons. The van der Waals surface area contributed by atoms with Gasteiger partial charge in [0.05, 0.1) is 35.9 Å². The van der Waals surface area contributed by atoms with Crippen molar-refractivity contribution in [2.75, 3.05) is 18.9 Å². The average Bonchev–Trinajstić information content (AvgIpc) is 2.61. The van der Waals surface area contributed by atoms with Gasteiger partial charge < -0.3 is 9.47 Å². The molecular formula is C16H12F7NO4S. The van der Waals surface area contributed by atoms with Crippen LogP contribution in [0.1, 0.15) is 11.1 Å². The van der Waals surface area contributed by atoms with Crippen molar-refractivity contribution in [3.8, 4) is 11.5 Å². The van der Waals surface area contributed by atoms with Crippen molar-refractivity contribution in [1.29, 1.82) is 0 Å². The number of nitrogens with one attached hydrogen (secondary N) is 1. The van der Waals surface area contributed by atoms with E-state index in [4.69, 9.17) is 9.47 Å². The summed E-state index contributed by atoms with van der Waals surface area (Å²) in [5.41, 5.74) is -4.44. The van der Waals surface area contributed by atoms with Crippen LogP contribution in [0.2, 0.25) is 0 Å². The van der Waals surface area contributed by atoms with Crippen LogP contribution in [0, 0.1) is 5.82 Å². The van der Waals surface area contributed by atoms with Crippen LogP contribution in [0.25, 0.3) is 0 Å². The third kappa shape index (κ3) is 5.02. The van der Waals surface area contributed by atoms with Crippen LogP contribution < -0.4 is 14.2 Å². The van der Waals surface area contributed by atoms with E-state index in [1.165, 1.54) is 7.11 Å². The summed E-state index contributed by atoms with van der Waals surface area (Å²) in [5, 5.41) is 0. The highest BCUT2D eigenvalue weighted by Crippen LogP contribution is 2.38. The van der Waals surface area contributed by atoms with Crippen LogP contribution in [0.4, 0.5) is 36.4 Å². The second-order valence-electron chi connectivity index (χ2n) is 5.53. The Balaban J connectivity index is 2.59. The minimum absolute atomic E-state index is 0.0102. The van der Waals surface area contributed by atoms with Crippen LogP contribution in [0.3, 0.4) is 0 Å². The number of anilines is 1. The summed E-state index contributed by atoms with van der Waals surface area (Å²) in [5.74, 6) is -1.45. The van der Waals surface area contributed by atoms with E-state index in [0.717, 1.165) is 19.2 Å². The van der Waals surface area contributed by atoms with Crippen molar-refractivity contribution in [3.05, 3.63) is 47.3 Å². The largest absolute Gasteiger partial charge is 0.493 e. The number of methoxy groups -OCH3 is 2. The van der Waals surface area contributed by atoms with Crippen molar-refractivity contribution < 1.29 is 48.6 Å². The maximum atomic E-state index is 14.1. The minimum atomic E-state index is -5.25. The summed E-state index contributed by atoms with van der Waals surface area (Å²) in [6.45, 7) is 0. The molecule has 0 spiro atoms. The lowest BCUT2D eigenvalue weighted by molar-refractivity contribution is -0.143. The molecule has 0 atom stereocenters. The molecule has 0 aliphatic carbocycles. The number of sulfonamides is 1. The topological polar surface area (TPSA) is 64.6 Å². The van der Waals surface area contributed by atoms with E-state index in [0.29, 0.717) is 0 Å². The lowest BCUT2D eigenvalue weighted by atomic mass is 10.1. The number of hydrogen-bond donors (Lipinski definition) is 1. The Hall–Kier alpha value is -2.70. The van der Waals surface area contributed by atoms with E-state index in [9.17, 15) is 39.2 Å². The maximum absolute atomic E-state index is 14.1. The molecule has 0 aliphatic heterocycles. The molecule has 1 N–H and O–H groups in total. The molecule has 2 rings (SSSR count). The van der Waals surface area contributed by atoms with Gasteiger partial charge in [0.15, 0.2) is 17.3 Å². The molecule has 2 aromatic carbocycles. The molecule has 5 nitrogen and oxygen atoms in total. The molecule has 0 unspecified atom stereocenters. The van der Waals surface area contributed by atoms with Crippen LogP contribution >= 0.6 is 0 Å². The normalized spacial score (nSPS) is 12.6. The fourth-order valence-corrected chi connectivity index (χ4v) is 3.35. The fourth-order valence-electron chi connectivity index (χ4n) is 2.22. The van der Waals surface area contributed by atoms with E-state index < -0.39 is 49.9 Å². The highest BCUT2D eigenvalue weighted by atomic mass is 32.2. The van der Waals surface area contributed by atoms with Crippen LogP contribution in [0.5, 0.6) is 11.5 Å². The minimum Gasteiger partial charge on any atom is -0.493 e. The Morgan fingerprint density at radius 3 is 1.66 bits per heavy atom. The third-order valence-corrected chi connectivity index (χ3v) is 4.93. The van der Waals surface area contributed by atoms with Crippen molar-refractivity contribution in [2.45, 2.75) is 17.2 Å². The lowest BCUT2D eigenvalue weighted by Crippen LogP contribution is -2.18. The molecule has 0 aliphatic rings. The second-order valence-corrected chi connectivity index (χ2v) is 7.22. The highest BCUT2D eigenvalue weighted by Gasteiger charge is 2.38. The number of halogens is 7. The van der Waals surface area contributed by atoms with Crippen LogP contribution in [0.15, 0.2) is 35.2 Å². The van der Waals surface area contributed by atoms with Crippen LogP contribution in [-0.4, -0.2) is 22.6 Å². The zero-order chi connectivity index (χ0) is 22.2. The second kappa shape index (κ2) is 7.61. The summed E-state index contributed by atoms with van der Waals surface area (Å²) in [4.78, 5) is -1.35. The summed E-state index contributed by atoms with van der Waals surface area (Å²) in [6.07, 6.45) is -10.5. The molecule has 0 heterocycles. The molecule has 0 aromatic heterocycles. The van der Waals surface area contributed by atoms with Gasteiger partial charge in [-0.05, 0) is 18.2 Å². The molecule has 0 radical (unpaired) electrons. The predicted molar refractivity (Wildman–Crippen MR) is 86.8 cm³/mol. The lowest BCUT2D eigenvalue weighted by Gasteiger charge is -2.16. The SMILES string of the molecule is COc1cc(F)c(NS(=O)(=O)c2cc(C(F)(F)F)cc(C(F)(F)F)c2)cc1OC. The van der Waals surface area contributed by atoms with E-state index in [-0.39, 0.29) is 29.7 Å². The molecule has 13 heteroatoms. The number of ether oxygens (including phenoxy) is 2. The fraction of sp³-hybridized carbons (Fsp3) is 0.250. The molecular weight excluding hydrogens is 435 g/mol. The summed E-state index contributed by atoms with van der Waals surface area (Å²) in [6, 6.07) is 1.34. The van der Waals surface area contributed by atoms with E-state index in [2.05, 4.69) is 0 Å². The number of rotatable bonds is 5. The summed E-state index contributed by atoms with van der Waals surface area (Å²) in [7, 11) is -2.71. The first-order valence-electron chi connectivity index (χ1n) is 7.43. The van der Waals surface area contributed by atoms with Gasteiger partial charge in [-0.15, -0.1) is 0 Å². The third-order valence-electron chi connectivity index (χ3n) is 3.59. The van der Waals surface area contributed by atoms with Gasteiger partial charge in [-0.2, -0.15) is 26.3 Å². The first-order valence-corrected chi connectivity index (χ1v) is 8.91. The molecule has 0 fully saturated rings. The predicted octanol–water partition coefficient (Wildman–Crippen LogP) is 4.68. The van der Waals surface area contributed by atoms with Crippen molar-refractivity contribution in [3.63, 3.8) is 0 Å². The molecule has 0 saturated carbocycles. The Labute approximate surface area is 160 Å². The van der Waals surface area contributed by atoms with Gasteiger partial charge in [-0.1, -0.05) is 0 Å². The van der Waals surface area contributed by atoms with E-state index >= 15 is 0 Å². The monoisotopic (exact) mass is 447 g/mol. The van der Waals surface area contributed by atoms with Gasteiger partial charge in [0.1, 0.15) is 0 Å². The quantitative estimate of drug-likeness (QED) is 0.676. The smallest absolute Gasteiger partial charge is 0.416 e. The Kier molecular flexibility index (Phi) is 5.93. The molecule has 0 bridgehead atoms. The van der Waals surface area contributed by atoms with Crippen molar-refractivity contribution in [2.24, 2.45) is 0 Å². The number of alkyl halides is 6. The molecule has 0 amide bonds. The van der Waals surface area contributed by atoms with Crippen molar-refractivity contribution in [1.82, 2.24) is 0 Å². The average molecular weight is 447 g/mol. The summed E-state index contributed by atoms with van der Waals surface area (Å²) >= 11 is 0. The standard InChI is InChI=1S/C16H12F7NO4S/c1-27-13-6-11(17)12(7-14(13)28-2)24-29(25,26)10-4-8(15(18,19)20)3-9(5-10)16(21,22)23/h3-7,24H,1-2H3. The zero-order valence-corrected chi connectivity index (χ0v) is 15.4. The zero-order valence-electron chi connectivity index (χ0n) is 14.6. The van der Waals surface area contributed by atoms with Gasteiger partial charge >= 0.3 is 12.4 Å². The molecule has 29 heavy (non-hydrogen) atoms. The first kappa shape index (κ1) is 22.6. The number of benzene rings is 2. The van der Waals surface area contributed by atoms with E-state index in [1.807, 2.05) is 0 Å². The van der Waals surface area contributed by atoms with Crippen LogP contribution in [-0.2, 0) is 22.4 Å². The maximum Gasteiger partial charge on any atom is 0.416 e. The Morgan fingerprint density at radius 1 is 0.793 bits per heavy atom.